The molecule has 0 aliphatic carbocycles. The third-order valence-corrected chi connectivity index (χ3v) is 4.36. The molecule has 1 atom stereocenters. The van der Waals surface area contributed by atoms with E-state index in [4.69, 9.17) is 0 Å². The van der Waals surface area contributed by atoms with Gasteiger partial charge in [-0.25, -0.2) is 4.79 Å². The van der Waals surface area contributed by atoms with Crippen LogP contribution in [-0.2, 0) is 16.0 Å². The van der Waals surface area contributed by atoms with Gasteiger partial charge in [0, 0.05) is 12.2 Å². The van der Waals surface area contributed by atoms with Crippen molar-refractivity contribution in [3.05, 3.63) is 66.2 Å². The summed E-state index contributed by atoms with van der Waals surface area (Å²) in [4.78, 5) is 39.6. The number of rotatable bonds is 6. The largest absolute Gasteiger partial charge is 0.354 e. The second kappa shape index (κ2) is 7.82. The van der Waals surface area contributed by atoms with Gasteiger partial charge in [-0.2, -0.15) is 0 Å². The minimum absolute atomic E-state index is 0.264. The normalized spacial score (nSPS) is 16.9. The number of hydrogen-bond acceptors (Lipinski definition) is 3. The molecule has 2 aromatic carbocycles. The number of nitrogens with zero attached hydrogens (tertiary/aromatic N) is 2. The van der Waals surface area contributed by atoms with E-state index in [-0.39, 0.29) is 18.4 Å². The van der Waals surface area contributed by atoms with Crippen LogP contribution in [0.4, 0.5) is 10.5 Å². The average molecular weight is 351 g/mol. The number of anilines is 1. The number of para-hydroxylation sites is 1. The Kier molecular flexibility index (Phi) is 5.31. The summed E-state index contributed by atoms with van der Waals surface area (Å²) in [6.45, 7) is 1.86. The van der Waals surface area contributed by atoms with Crippen LogP contribution in [0, 0.1) is 0 Å². The smallest absolute Gasteiger partial charge is 0.332 e. The van der Waals surface area contributed by atoms with Crippen molar-refractivity contribution >= 4 is 23.5 Å². The lowest BCUT2D eigenvalue weighted by molar-refractivity contribution is -0.131. The third-order valence-electron chi connectivity index (χ3n) is 4.36. The van der Waals surface area contributed by atoms with Crippen LogP contribution in [0.3, 0.4) is 0 Å². The highest BCUT2D eigenvalue weighted by Crippen LogP contribution is 2.25. The van der Waals surface area contributed by atoms with Gasteiger partial charge in [0.25, 0.3) is 5.91 Å². The highest BCUT2D eigenvalue weighted by Gasteiger charge is 2.43. The highest BCUT2D eigenvalue weighted by atomic mass is 16.2. The maximum atomic E-state index is 12.6. The van der Waals surface area contributed by atoms with Gasteiger partial charge in [-0.15, -0.1) is 0 Å². The van der Waals surface area contributed by atoms with Crippen molar-refractivity contribution in [3.63, 3.8) is 0 Å². The van der Waals surface area contributed by atoms with Crippen molar-refractivity contribution in [2.45, 2.75) is 19.4 Å². The monoisotopic (exact) mass is 351 g/mol. The predicted octanol–water partition coefficient (Wildman–Crippen LogP) is 2.20. The average Bonchev–Trinajstić information content (AvgIpc) is 2.87. The lowest BCUT2D eigenvalue weighted by Crippen LogP contribution is -2.42. The zero-order chi connectivity index (χ0) is 18.5. The van der Waals surface area contributed by atoms with Crippen molar-refractivity contribution in [1.82, 2.24) is 10.2 Å². The Morgan fingerprint density at radius 3 is 2.27 bits per heavy atom. The Bertz CT molecular complexity index is 792. The Hall–Kier alpha value is -3.15. The van der Waals surface area contributed by atoms with E-state index in [1.54, 1.807) is 31.2 Å². The minimum Gasteiger partial charge on any atom is -0.354 e. The van der Waals surface area contributed by atoms with Crippen molar-refractivity contribution in [2.75, 3.05) is 18.0 Å². The summed E-state index contributed by atoms with van der Waals surface area (Å²) in [5.41, 5.74) is 1.76. The molecule has 2 aromatic rings. The van der Waals surface area contributed by atoms with Gasteiger partial charge in [-0.05, 0) is 31.0 Å². The first-order valence-electron chi connectivity index (χ1n) is 8.58. The molecule has 4 amide bonds. The van der Waals surface area contributed by atoms with Gasteiger partial charge in [0.2, 0.25) is 5.91 Å². The molecule has 6 heteroatoms. The van der Waals surface area contributed by atoms with E-state index in [1.165, 1.54) is 4.90 Å². The summed E-state index contributed by atoms with van der Waals surface area (Å²) in [7, 11) is 0. The minimum atomic E-state index is -0.623. The number of hydrogen-bond donors (Lipinski definition) is 1. The van der Waals surface area contributed by atoms with Crippen LogP contribution in [0.2, 0.25) is 0 Å². The summed E-state index contributed by atoms with van der Waals surface area (Å²) in [5.74, 6) is -0.707. The quantitative estimate of drug-likeness (QED) is 0.811. The molecular weight excluding hydrogens is 330 g/mol. The van der Waals surface area contributed by atoms with E-state index < -0.39 is 12.1 Å². The lowest BCUT2D eigenvalue weighted by Gasteiger charge is -2.19. The molecule has 1 N–H and O–H groups in total. The zero-order valence-electron chi connectivity index (χ0n) is 14.6. The molecule has 0 aromatic heterocycles. The topological polar surface area (TPSA) is 69.7 Å². The molecule has 26 heavy (non-hydrogen) atoms. The number of benzene rings is 2. The number of carbonyl (C=O) groups excluding carboxylic acids is 3. The summed E-state index contributed by atoms with van der Waals surface area (Å²) in [6.07, 6.45) is 0.695. The molecule has 0 saturated carbocycles. The van der Waals surface area contributed by atoms with E-state index >= 15 is 0 Å². The van der Waals surface area contributed by atoms with Gasteiger partial charge in [0.15, 0.2) is 0 Å². The standard InChI is InChI=1S/C20H21N3O3/c1-15-19(25)22(20(26)23(15)17-10-6-3-7-11-17)14-18(24)21-13-12-16-8-4-2-5-9-16/h2-11,15H,12-14H2,1H3,(H,21,24). The van der Waals surface area contributed by atoms with Gasteiger partial charge >= 0.3 is 6.03 Å². The Morgan fingerprint density at radius 2 is 1.62 bits per heavy atom. The number of urea groups is 1. The number of amides is 4. The molecular formula is C20H21N3O3. The molecule has 6 nitrogen and oxygen atoms in total. The van der Waals surface area contributed by atoms with Crippen LogP contribution in [0.25, 0.3) is 0 Å². The number of imide groups is 1. The van der Waals surface area contributed by atoms with Gasteiger partial charge in [-0.1, -0.05) is 48.5 Å². The van der Waals surface area contributed by atoms with Gasteiger partial charge in [0.1, 0.15) is 12.6 Å². The van der Waals surface area contributed by atoms with Crippen LogP contribution in [-0.4, -0.2) is 41.9 Å². The number of nitrogens with one attached hydrogen (secondary N) is 1. The van der Waals surface area contributed by atoms with E-state index in [0.717, 1.165) is 10.5 Å². The van der Waals surface area contributed by atoms with E-state index in [9.17, 15) is 14.4 Å². The lowest BCUT2D eigenvalue weighted by atomic mass is 10.1. The van der Waals surface area contributed by atoms with Crippen molar-refractivity contribution in [3.8, 4) is 0 Å². The highest BCUT2D eigenvalue weighted by molar-refractivity contribution is 6.15. The molecule has 1 aliphatic heterocycles. The van der Waals surface area contributed by atoms with Crippen LogP contribution in [0.1, 0.15) is 12.5 Å². The van der Waals surface area contributed by atoms with Crippen LogP contribution < -0.4 is 10.2 Å². The predicted molar refractivity (Wildman–Crippen MR) is 98.6 cm³/mol. The van der Waals surface area contributed by atoms with Crippen LogP contribution in [0.15, 0.2) is 60.7 Å². The first-order valence-corrected chi connectivity index (χ1v) is 8.58. The fourth-order valence-electron chi connectivity index (χ4n) is 2.98. The summed E-state index contributed by atoms with van der Waals surface area (Å²) in [5, 5.41) is 2.77. The van der Waals surface area contributed by atoms with Crippen LogP contribution >= 0.6 is 0 Å². The first-order chi connectivity index (χ1) is 12.6. The molecule has 1 heterocycles. The fourth-order valence-corrected chi connectivity index (χ4v) is 2.98. The first kappa shape index (κ1) is 17.7. The molecule has 1 aliphatic rings. The SMILES string of the molecule is CC1C(=O)N(CC(=O)NCCc2ccccc2)C(=O)N1c1ccccc1. The van der Waals surface area contributed by atoms with Gasteiger partial charge < -0.3 is 5.32 Å². The summed E-state index contributed by atoms with van der Waals surface area (Å²) in [6, 6.07) is 17.7. The van der Waals surface area contributed by atoms with E-state index in [1.807, 2.05) is 36.4 Å². The molecule has 3 rings (SSSR count). The van der Waals surface area contributed by atoms with Gasteiger partial charge in [-0.3, -0.25) is 19.4 Å². The number of carbonyl (C=O) groups is 3. The van der Waals surface area contributed by atoms with E-state index in [2.05, 4.69) is 5.32 Å². The van der Waals surface area contributed by atoms with Crippen molar-refractivity contribution in [2.24, 2.45) is 0 Å². The van der Waals surface area contributed by atoms with Crippen LogP contribution in [0.5, 0.6) is 0 Å². The van der Waals surface area contributed by atoms with E-state index in [0.29, 0.717) is 18.7 Å². The molecule has 0 spiro atoms. The zero-order valence-corrected chi connectivity index (χ0v) is 14.6. The second-order valence-electron chi connectivity index (χ2n) is 6.17. The summed E-state index contributed by atoms with van der Waals surface area (Å²) < 4.78 is 0. The maximum absolute atomic E-state index is 12.6. The fraction of sp³-hybridized carbons (Fsp3) is 0.250. The van der Waals surface area contributed by atoms with Crippen molar-refractivity contribution in [1.29, 1.82) is 0 Å². The molecule has 134 valence electrons. The molecule has 1 unspecified atom stereocenters. The molecule has 1 fully saturated rings. The molecule has 0 radical (unpaired) electrons. The Morgan fingerprint density at radius 1 is 1.00 bits per heavy atom. The van der Waals surface area contributed by atoms with Crippen molar-refractivity contribution < 1.29 is 14.4 Å². The molecule has 0 bridgehead atoms. The molecule has 1 saturated heterocycles. The third kappa shape index (κ3) is 3.74. The van der Waals surface area contributed by atoms with Gasteiger partial charge in [0.05, 0.1) is 0 Å². The Balaban J connectivity index is 1.58. The summed E-state index contributed by atoms with van der Waals surface area (Å²) >= 11 is 0. The second-order valence-corrected chi connectivity index (χ2v) is 6.17. The maximum Gasteiger partial charge on any atom is 0.332 e. The Labute approximate surface area is 152 Å².